The quantitative estimate of drug-likeness (QED) is 0.336. The van der Waals surface area contributed by atoms with E-state index in [4.69, 9.17) is 23.2 Å². The lowest BCUT2D eigenvalue weighted by Gasteiger charge is -2.48. The van der Waals surface area contributed by atoms with Gasteiger partial charge in [-0.1, -0.05) is 77.8 Å². The first-order chi connectivity index (χ1) is 18.3. The van der Waals surface area contributed by atoms with Crippen LogP contribution in [0.1, 0.15) is 53.6 Å². The van der Waals surface area contributed by atoms with Gasteiger partial charge in [0.05, 0.1) is 15.6 Å². The Kier molecular flexibility index (Phi) is 9.48. The standard InChI is InChI=1S/C31H35Cl2N3O2/c1-23(37)35(2)31(27-11-7-4-8-12-27)16-19-36(20-17-31)18-15-26(25-13-14-28(32)29(33)21-25)22-34-30(38)24-9-5-3-6-10-24/h3-14,21,26H,15-20,22H2,1-2H3,(H,34,38)/t26-/m1/s1. The number of nitrogens with one attached hydrogen (secondary N) is 1. The number of rotatable bonds is 9. The molecule has 7 heteroatoms. The highest BCUT2D eigenvalue weighted by atomic mass is 35.5. The molecule has 0 spiro atoms. The maximum Gasteiger partial charge on any atom is 0.251 e. The zero-order valence-electron chi connectivity index (χ0n) is 22.0. The maximum absolute atomic E-state index is 12.7. The Bertz CT molecular complexity index is 1230. The van der Waals surface area contributed by atoms with Crippen LogP contribution in [0, 0.1) is 0 Å². The predicted molar refractivity (Wildman–Crippen MR) is 155 cm³/mol. The molecule has 1 heterocycles. The van der Waals surface area contributed by atoms with Gasteiger partial charge in [-0.3, -0.25) is 9.59 Å². The molecule has 5 nitrogen and oxygen atoms in total. The molecule has 200 valence electrons. The summed E-state index contributed by atoms with van der Waals surface area (Å²) in [6.45, 7) is 4.79. The van der Waals surface area contributed by atoms with Crippen molar-refractivity contribution < 1.29 is 9.59 Å². The van der Waals surface area contributed by atoms with Crippen molar-refractivity contribution in [2.24, 2.45) is 0 Å². The molecule has 0 saturated carbocycles. The van der Waals surface area contributed by atoms with Gasteiger partial charge >= 0.3 is 0 Å². The fraction of sp³-hybridized carbons (Fsp3) is 0.355. The lowest BCUT2D eigenvalue weighted by molar-refractivity contribution is -0.136. The highest BCUT2D eigenvalue weighted by Crippen LogP contribution is 2.38. The Balaban J connectivity index is 1.44. The normalized spacial score (nSPS) is 16.0. The second-order valence-electron chi connectivity index (χ2n) is 10.1. The van der Waals surface area contributed by atoms with E-state index in [9.17, 15) is 9.59 Å². The molecule has 0 unspecified atom stereocenters. The number of halogens is 2. The zero-order chi connectivity index (χ0) is 27.1. The van der Waals surface area contributed by atoms with Crippen LogP contribution < -0.4 is 5.32 Å². The molecule has 38 heavy (non-hydrogen) atoms. The van der Waals surface area contributed by atoms with E-state index in [1.54, 1.807) is 6.92 Å². The van der Waals surface area contributed by atoms with Gasteiger partial charge in [0.2, 0.25) is 5.91 Å². The second kappa shape index (κ2) is 12.8. The summed E-state index contributed by atoms with van der Waals surface area (Å²) in [5.74, 6) is 0.0721. The Labute approximate surface area is 235 Å². The van der Waals surface area contributed by atoms with Crippen molar-refractivity contribution in [2.45, 2.75) is 37.6 Å². The smallest absolute Gasteiger partial charge is 0.251 e. The van der Waals surface area contributed by atoms with E-state index in [2.05, 4.69) is 22.3 Å². The fourth-order valence-electron chi connectivity index (χ4n) is 5.41. The fourth-order valence-corrected chi connectivity index (χ4v) is 5.72. The predicted octanol–water partition coefficient (Wildman–Crippen LogP) is 6.37. The summed E-state index contributed by atoms with van der Waals surface area (Å²) >= 11 is 12.5. The minimum absolute atomic E-state index is 0.0798. The van der Waals surface area contributed by atoms with Gasteiger partial charge in [-0.05, 0) is 61.2 Å². The van der Waals surface area contributed by atoms with Crippen molar-refractivity contribution in [1.82, 2.24) is 15.1 Å². The number of hydrogen-bond acceptors (Lipinski definition) is 3. The van der Waals surface area contributed by atoms with E-state index < -0.39 is 0 Å². The van der Waals surface area contributed by atoms with E-state index >= 15 is 0 Å². The molecule has 2 amide bonds. The van der Waals surface area contributed by atoms with Gasteiger partial charge in [0.15, 0.2) is 0 Å². The lowest BCUT2D eigenvalue weighted by Crippen LogP contribution is -2.53. The molecule has 1 saturated heterocycles. The van der Waals surface area contributed by atoms with Crippen molar-refractivity contribution in [1.29, 1.82) is 0 Å². The van der Waals surface area contributed by atoms with Gasteiger partial charge in [0.1, 0.15) is 0 Å². The number of hydrogen-bond donors (Lipinski definition) is 1. The number of nitrogens with zero attached hydrogens (tertiary/aromatic N) is 2. The largest absolute Gasteiger partial charge is 0.351 e. The van der Waals surface area contributed by atoms with Gasteiger partial charge in [0, 0.05) is 45.1 Å². The molecule has 0 aromatic heterocycles. The van der Waals surface area contributed by atoms with Crippen molar-refractivity contribution in [2.75, 3.05) is 33.2 Å². The first-order valence-corrected chi connectivity index (χ1v) is 13.9. The molecule has 3 aromatic rings. The molecular weight excluding hydrogens is 517 g/mol. The monoisotopic (exact) mass is 551 g/mol. The number of benzene rings is 3. The van der Waals surface area contributed by atoms with Crippen molar-refractivity contribution >= 4 is 35.0 Å². The molecule has 0 aliphatic carbocycles. The van der Waals surface area contributed by atoms with Crippen molar-refractivity contribution in [3.05, 3.63) is 106 Å². The van der Waals surface area contributed by atoms with Crippen LogP contribution in [0.4, 0.5) is 0 Å². The molecule has 0 radical (unpaired) electrons. The molecule has 0 bridgehead atoms. The molecule has 1 aliphatic rings. The Morgan fingerprint density at radius 1 is 0.947 bits per heavy atom. The zero-order valence-corrected chi connectivity index (χ0v) is 23.5. The van der Waals surface area contributed by atoms with Gasteiger partial charge in [0.25, 0.3) is 5.91 Å². The van der Waals surface area contributed by atoms with Crippen molar-refractivity contribution in [3.8, 4) is 0 Å². The summed E-state index contributed by atoms with van der Waals surface area (Å²) in [4.78, 5) is 29.5. The van der Waals surface area contributed by atoms with Crippen LogP contribution in [0.3, 0.4) is 0 Å². The van der Waals surface area contributed by atoms with E-state index in [1.807, 2.05) is 78.7 Å². The topological polar surface area (TPSA) is 52.7 Å². The molecule has 1 fully saturated rings. The van der Waals surface area contributed by atoms with Gasteiger partial charge in [-0.15, -0.1) is 0 Å². The van der Waals surface area contributed by atoms with Crippen molar-refractivity contribution in [3.63, 3.8) is 0 Å². The molecule has 1 N–H and O–H groups in total. The molecule has 1 atom stereocenters. The second-order valence-corrected chi connectivity index (χ2v) is 10.9. The minimum Gasteiger partial charge on any atom is -0.351 e. The van der Waals surface area contributed by atoms with Gasteiger partial charge in [-0.25, -0.2) is 0 Å². The van der Waals surface area contributed by atoms with Crippen LogP contribution in [0.15, 0.2) is 78.9 Å². The first-order valence-electron chi connectivity index (χ1n) is 13.1. The summed E-state index contributed by atoms with van der Waals surface area (Å²) in [7, 11) is 1.92. The van der Waals surface area contributed by atoms with Crippen LogP contribution in [0.2, 0.25) is 10.0 Å². The number of amides is 2. The summed E-state index contributed by atoms with van der Waals surface area (Å²) < 4.78 is 0. The van der Waals surface area contributed by atoms with Crippen LogP contribution in [0.5, 0.6) is 0 Å². The number of carbonyl (C=O) groups is 2. The summed E-state index contributed by atoms with van der Waals surface area (Å²) in [5, 5.41) is 4.14. The highest BCUT2D eigenvalue weighted by Gasteiger charge is 2.40. The van der Waals surface area contributed by atoms with Crippen LogP contribution in [0.25, 0.3) is 0 Å². The summed E-state index contributed by atoms with van der Waals surface area (Å²) in [6, 6.07) is 25.3. The van der Waals surface area contributed by atoms with Crippen LogP contribution >= 0.6 is 23.2 Å². The average Bonchev–Trinajstić information content (AvgIpc) is 2.95. The third-order valence-corrected chi connectivity index (χ3v) is 8.60. The number of likely N-dealkylation sites (tertiary alicyclic amines) is 1. The Hall–Kier alpha value is -2.86. The highest BCUT2D eigenvalue weighted by molar-refractivity contribution is 6.42. The minimum atomic E-state index is -0.295. The molecule has 3 aromatic carbocycles. The summed E-state index contributed by atoms with van der Waals surface area (Å²) in [5.41, 5.74) is 2.59. The van der Waals surface area contributed by atoms with Gasteiger partial charge in [-0.2, -0.15) is 0 Å². The Morgan fingerprint density at radius 2 is 1.58 bits per heavy atom. The van der Waals surface area contributed by atoms with E-state index in [1.165, 1.54) is 5.56 Å². The van der Waals surface area contributed by atoms with Crippen LogP contribution in [-0.4, -0.2) is 54.8 Å². The third-order valence-electron chi connectivity index (χ3n) is 7.86. The van der Waals surface area contributed by atoms with E-state index in [-0.39, 0.29) is 23.3 Å². The number of carbonyl (C=O) groups excluding carboxylic acids is 2. The average molecular weight is 553 g/mol. The SMILES string of the molecule is CC(=O)N(C)C1(c2ccccc2)CCN(CC[C@H](CNC(=O)c2ccccc2)c2ccc(Cl)c(Cl)c2)CC1. The van der Waals surface area contributed by atoms with E-state index in [0.717, 1.165) is 44.5 Å². The van der Waals surface area contributed by atoms with Gasteiger partial charge < -0.3 is 15.1 Å². The third kappa shape index (κ3) is 6.58. The van der Waals surface area contributed by atoms with E-state index in [0.29, 0.717) is 22.2 Å². The number of piperidine rings is 1. The Morgan fingerprint density at radius 3 is 2.18 bits per heavy atom. The molecular formula is C31H35Cl2N3O2. The lowest BCUT2D eigenvalue weighted by atomic mass is 9.79. The first kappa shape index (κ1) is 28.2. The molecule has 1 aliphatic heterocycles. The maximum atomic E-state index is 12.7. The van der Waals surface area contributed by atoms with Crippen LogP contribution in [-0.2, 0) is 10.3 Å². The summed E-state index contributed by atoms with van der Waals surface area (Å²) in [6.07, 6.45) is 2.60. The molecule has 4 rings (SSSR count).